The van der Waals surface area contributed by atoms with Gasteiger partial charge in [0, 0.05) is 16.1 Å². The predicted octanol–water partition coefficient (Wildman–Crippen LogP) is 2.67. The largest absolute Gasteiger partial charge is 0.507 e. The lowest BCUT2D eigenvalue weighted by Crippen LogP contribution is -2.27. The summed E-state index contributed by atoms with van der Waals surface area (Å²) in [6.45, 7) is 0.902. The molecule has 0 aliphatic carbocycles. The number of aromatic carboxylic acids is 1. The number of aromatic hydroxyl groups is 1. The Bertz CT molecular complexity index is 442. The van der Waals surface area contributed by atoms with Crippen molar-refractivity contribution in [1.82, 2.24) is 5.32 Å². The van der Waals surface area contributed by atoms with Crippen molar-refractivity contribution >= 4 is 21.9 Å². The SMILES string of the molecule is O=C(O)c1cc(Br)cc([C@H]2CCCCN2)c1O. The van der Waals surface area contributed by atoms with Gasteiger partial charge in [0.15, 0.2) is 0 Å². The van der Waals surface area contributed by atoms with E-state index in [1.54, 1.807) is 6.07 Å². The van der Waals surface area contributed by atoms with Crippen molar-refractivity contribution in [3.8, 4) is 5.75 Å². The van der Waals surface area contributed by atoms with Crippen LogP contribution in [0, 0.1) is 0 Å². The monoisotopic (exact) mass is 299 g/mol. The molecule has 0 unspecified atom stereocenters. The van der Waals surface area contributed by atoms with Crippen molar-refractivity contribution in [3.63, 3.8) is 0 Å². The second-order valence-electron chi connectivity index (χ2n) is 4.20. The van der Waals surface area contributed by atoms with Crippen molar-refractivity contribution < 1.29 is 15.0 Å². The number of rotatable bonds is 2. The molecule has 0 bridgehead atoms. The number of hydrogen-bond donors (Lipinski definition) is 3. The van der Waals surface area contributed by atoms with Gasteiger partial charge in [-0.2, -0.15) is 0 Å². The Kier molecular flexibility index (Phi) is 3.69. The summed E-state index contributed by atoms with van der Waals surface area (Å²) in [6.07, 6.45) is 3.13. The summed E-state index contributed by atoms with van der Waals surface area (Å²) in [5.41, 5.74) is 0.609. The molecule has 1 aromatic carbocycles. The van der Waals surface area contributed by atoms with Crippen molar-refractivity contribution in [2.24, 2.45) is 0 Å². The van der Waals surface area contributed by atoms with Crippen LogP contribution < -0.4 is 5.32 Å². The van der Waals surface area contributed by atoms with Gasteiger partial charge in [-0.25, -0.2) is 4.79 Å². The Morgan fingerprint density at radius 1 is 1.41 bits per heavy atom. The summed E-state index contributed by atoms with van der Waals surface area (Å²) in [4.78, 5) is 11.0. The number of nitrogens with one attached hydrogen (secondary N) is 1. The van der Waals surface area contributed by atoms with Crippen LogP contribution in [0.15, 0.2) is 16.6 Å². The van der Waals surface area contributed by atoms with Crippen LogP contribution in [0.2, 0.25) is 0 Å². The molecule has 1 saturated heterocycles. The highest BCUT2D eigenvalue weighted by atomic mass is 79.9. The first-order valence-corrected chi connectivity index (χ1v) is 6.38. The van der Waals surface area contributed by atoms with Crippen molar-refractivity contribution in [2.45, 2.75) is 25.3 Å². The summed E-state index contributed by atoms with van der Waals surface area (Å²) in [7, 11) is 0. The maximum atomic E-state index is 11.0. The van der Waals surface area contributed by atoms with Gasteiger partial charge in [-0.3, -0.25) is 0 Å². The van der Waals surface area contributed by atoms with Crippen molar-refractivity contribution in [2.75, 3.05) is 6.54 Å². The molecular formula is C12H14BrNO3. The number of carboxylic acid groups (broad SMARTS) is 1. The molecule has 1 fully saturated rings. The zero-order valence-electron chi connectivity index (χ0n) is 9.24. The maximum absolute atomic E-state index is 11.0. The summed E-state index contributed by atoms with van der Waals surface area (Å²) < 4.78 is 0.676. The van der Waals surface area contributed by atoms with Gasteiger partial charge in [-0.05, 0) is 31.5 Å². The van der Waals surface area contributed by atoms with E-state index in [0.717, 1.165) is 25.8 Å². The molecule has 17 heavy (non-hydrogen) atoms. The van der Waals surface area contributed by atoms with Gasteiger partial charge < -0.3 is 15.5 Å². The third kappa shape index (κ3) is 2.61. The predicted molar refractivity (Wildman–Crippen MR) is 67.4 cm³/mol. The van der Waals surface area contributed by atoms with Crippen LogP contribution in [-0.4, -0.2) is 22.7 Å². The molecule has 3 N–H and O–H groups in total. The molecule has 0 radical (unpaired) electrons. The van der Waals surface area contributed by atoms with Gasteiger partial charge >= 0.3 is 5.97 Å². The van der Waals surface area contributed by atoms with E-state index in [1.807, 2.05) is 0 Å². The van der Waals surface area contributed by atoms with Gasteiger partial charge in [0.2, 0.25) is 0 Å². The van der Waals surface area contributed by atoms with E-state index in [0.29, 0.717) is 10.0 Å². The highest BCUT2D eigenvalue weighted by molar-refractivity contribution is 9.10. The van der Waals surface area contributed by atoms with Crippen molar-refractivity contribution in [3.05, 3.63) is 27.7 Å². The highest BCUT2D eigenvalue weighted by Crippen LogP contribution is 2.35. The van der Waals surface area contributed by atoms with E-state index in [-0.39, 0.29) is 17.4 Å². The first kappa shape index (κ1) is 12.4. The van der Waals surface area contributed by atoms with Crippen LogP contribution in [0.4, 0.5) is 0 Å². The van der Waals surface area contributed by atoms with Gasteiger partial charge in [-0.1, -0.05) is 22.4 Å². The third-order valence-corrected chi connectivity index (χ3v) is 3.48. The van der Waals surface area contributed by atoms with Gasteiger partial charge in [-0.15, -0.1) is 0 Å². The molecule has 5 heteroatoms. The number of carboxylic acids is 1. The molecule has 0 saturated carbocycles. The molecule has 0 amide bonds. The summed E-state index contributed by atoms with van der Waals surface area (Å²) in [6, 6.07) is 3.24. The average molecular weight is 300 g/mol. The minimum Gasteiger partial charge on any atom is -0.507 e. The fraction of sp³-hybridized carbons (Fsp3) is 0.417. The minimum absolute atomic E-state index is 0.0411. The van der Waals surface area contributed by atoms with E-state index < -0.39 is 5.97 Å². The first-order valence-electron chi connectivity index (χ1n) is 5.58. The Morgan fingerprint density at radius 2 is 2.18 bits per heavy atom. The molecule has 92 valence electrons. The summed E-state index contributed by atoms with van der Waals surface area (Å²) in [5.74, 6) is -1.24. The number of phenols is 1. The molecule has 0 aromatic heterocycles. The van der Waals surface area contributed by atoms with Crippen LogP contribution in [-0.2, 0) is 0 Å². The molecule has 1 aliphatic rings. The topological polar surface area (TPSA) is 69.6 Å². The molecule has 2 rings (SSSR count). The number of halogens is 1. The molecule has 1 aliphatic heterocycles. The molecule has 1 atom stereocenters. The van der Waals surface area contributed by atoms with E-state index in [9.17, 15) is 9.90 Å². The summed E-state index contributed by atoms with van der Waals surface area (Å²) >= 11 is 3.28. The first-order chi connectivity index (χ1) is 8.09. The summed E-state index contributed by atoms with van der Waals surface area (Å²) in [5, 5.41) is 22.3. The van der Waals surface area contributed by atoms with Crippen molar-refractivity contribution in [1.29, 1.82) is 0 Å². The van der Waals surface area contributed by atoms with E-state index in [4.69, 9.17) is 5.11 Å². The van der Waals surface area contributed by atoms with Crippen LogP contribution >= 0.6 is 15.9 Å². The lowest BCUT2D eigenvalue weighted by atomic mass is 9.95. The lowest BCUT2D eigenvalue weighted by Gasteiger charge is -2.25. The van der Waals surface area contributed by atoms with Crippen LogP contribution in [0.3, 0.4) is 0 Å². The molecule has 1 aromatic rings. The molecule has 4 nitrogen and oxygen atoms in total. The smallest absolute Gasteiger partial charge is 0.339 e. The number of hydrogen-bond acceptors (Lipinski definition) is 3. The Balaban J connectivity index is 2.41. The quantitative estimate of drug-likeness (QED) is 0.785. The average Bonchev–Trinajstić information content (AvgIpc) is 2.32. The van der Waals surface area contributed by atoms with Crippen LogP contribution in [0.1, 0.15) is 41.2 Å². The maximum Gasteiger partial charge on any atom is 0.339 e. The second kappa shape index (κ2) is 5.06. The van der Waals surface area contributed by atoms with E-state index >= 15 is 0 Å². The molecule has 0 spiro atoms. The van der Waals surface area contributed by atoms with Crippen LogP contribution in [0.25, 0.3) is 0 Å². The minimum atomic E-state index is -1.11. The molecular weight excluding hydrogens is 286 g/mol. The third-order valence-electron chi connectivity index (χ3n) is 3.02. The van der Waals surface area contributed by atoms with Gasteiger partial charge in [0.05, 0.1) is 0 Å². The Labute approximate surface area is 108 Å². The number of piperidine rings is 1. The van der Waals surface area contributed by atoms with E-state index in [2.05, 4.69) is 21.2 Å². The lowest BCUT2D eigenvalue weighted by molar-refractivity contribution is 0.0693. The fourth-order valence-corrected chi connectivity index (χ4v) is 2.64. The normalized spacial score (nSPS) is 20.2. The Morgan fingerprint density at radius 3 is 2.76 bits per heavy atom. The van der Waals surface area contributed by atoms with Gasteiger partial charge in [0.25, 0.3) is 0 Å². The van der Waals surface area contributed by atoms with E-state index in [1.165, 1.54) is 6.07 Å². The zero-order valence-corrected chi connectivity index (χ0v) is 10.8. The number of carbonyl (C=O) groups is 1. The van der Waals surface area contributed by atoms with Gasteiger partial charge in [0.1, 0.15) is 11.3 Å². The second-order valence-corrected chi connectivity index (χ2v) is 5.11. The standard InChI is InChI=1S/C12H14BrNO3/c13-7-5-8(10-3-1-2-4-14-10)11(15)9(6-7)12(16)17/h5-6,10,14-15H,1-4H2,(H,16,17)/t10-/m1/s1. The zero-order chi connectivity index (χ0) is 12.4. The number of benzene rings is 1. The molecule has 1 heterocycles. The fourth-order valence-electron chi connectivity index (χ4n) is 2.17. The van der Waals surface area contributed by atoms with Crippen LogP contribution in [0.5, 0.6) is 5.75 Å². The highest BCUT2D eigenvalue weighted by Gasteiger charge is 2.22. The Hall–Kier alpha value is -1.07.